The third kappa shape index (κ3) is 4.14. The van der Waals surface area contributed by atoms with Crippen molar-refractivity contribution in [3.63, 3.8) is 0 Å². The summed E-state index contributed by atoms with van der Waals surface area (Å²) in [5.74, 6) is 1.08. The molecular formula is C14H25N5. The fourth-order valence-electron chi connectivity index (χ4n) is 2.56. The van der Waals surface area contributed by atoms with Gasteiger partial charge in [0.05, 0.1) is 0 Å². The molecule has 2 heterocycles. The molecule has 19 heavy (non-hydrogen) atoms. The highest BCUT2D eigenvalue weighted by Crippen LogP contribution is 2.14. The predicted octanol–water partition coefficient (Wildman–Crippen LogP) is 0.900. The Bertz CT molecular complexity index is 382. The summed E-state index contributed by atoms with van der Waals surface area (Å²) in [6.45, 7) is 8.24. The van der Waals surface area contributed by atoms with Crippen LogP contribution in [-0.4, -0.2) is 54.1 Å². The lowest BCUT2D eigenvalue weighted by Gasteiger charge is -2.22. The second-order valence-electron chi connectivity index (χ2n) is 5.09. The molecule has 0 aliphatic carbocycles. The molecule has 106 valence electrons. The van der Waals surface area contributed by atoms with Crippen LogP contribution in [0.5, 0.6) is 0 Å². The third-order valence-electron chi connectivity index (χ3n) is 3.57. The Kier molecular flexibility index (Phi) is 5.54. The maximum Gasteiger partial charge on any atom is 0.132 e. The quantitative estimate of drug-likeness (QED) is 0.855. The molecule has 0 aromatic carbocycles. The highest BCUT2D eigenvalue weighted by Gasteiger charge is 2.15. The fraction of sp³-hybridized carbons (Fsp3) is 0.714. The summed E-state index contributed by atoms with van der Waals surface area (Å²) in [5.41, 5.74) is 6.78. The average molecular weight is 263 g/mol. The van der Waals surface area contributed by atoms with Crippen LogP contribution in [0.15, 0.2) is 12.4 Å². The van der Waals surface area contributed by atoms with Crippen LogP contribution in [0.4, 0.5) is 5.82 Å². The summed E-state index contributed by atoms with van der Waals surface area (Å²) in [6.07, 6.45) is 5.03. The first kappa shape index (κ1) is 14.2. The highest BCUT2D eigenvalue weighted by molar-refractivity contribution is 5.39. The molecule has 0 bridgehead atoms. The van der Waals surface area contributed by atoms with Crippen molar-refractivity contribution in [2.24, 2.45) is 5.73 Å². The maximum absolute atomic E-state index is 5.63. The monoisotopic (exact) mass is 263 g/mol. The molecule has 1 aliphatic rings. The van der Waals surface area contributed by atoms with Crippen molar-refractivity contribution < 1.29 is 0 Å². The summed E-state index contributed by atoms with van der Waals surface area (Å²) in [5, 5.41) is 0. The molecular weight excluding hydrogens is 238 g/mol. The van der Waals surface area contributed by atoms with E-state index in [0.717, 1.165) is 63.6 Å². The van der Waals surface area contributed by atoms with Crippen molar-refractivity contribution in [2.45, 2.75) is 26.2 Å². The first-order chi connectivity index (χ1) is 9.33. The summed E-state index contributed by atoms with van der Waals surface area (Å²) in [7, 11) is 0. The zero-order chi connectivity index (χ0) is 13.5. The van der Waals surface area contributed by atoms with E-state index in [9.17, 15) is 0 Å². The lowest BCUT2D eigenvalue weighted by atomic mass is 10.2. The van der Waals surface area contributed by atoms with Crippen LogP contribution in [0.1, 0.15) is 25.5 Å². The molecule has 0 unspecified atom stereocenters. The van der Waals surface area contributed by atoms with Crippen molar-refractivity contribution in [1.82, 2.24) is 14.9 Å². The second-order valence-corrected chi connectivity index (χ2v) is 5.09. The summed E-state index contributed by atoms with van der Waals surface area (Å²) in [4.78, 5) is 13.6. The first-order valence-corrected chi connectivity index (χ1v) is 7.31. The Hall–Kier alpha value is -1.20. The molecule has 5 heteroatoms. The second kappa shape index (κ2) is 7.40. The van der Waals surface area contributed by atoms with Gasteiger partial charge in [-0.2, -0.15) is 0 Å². The summed E-state index contributed by atoms with van der Waals surface area (Å²) in [6, 6.07) is 2.14. The van der Waals surface area contributed by atoms with Gasteiger partial charge in [0.25, 0.3) is 0 Å². The molecule has 0 saturated carbocycles. The molecule has 0 spiro atoms. The van der Waals surface area contributed by atoms with E-state index in [1.165, 1.54) is 6.42 Å². The standard InChI is InChI=1S/C14H25N5/c1-2-4-13-11-14(17-12-16-13)19-7-3-6-18(8-5-15)9-10-19/h11-12H,2-10,15H2,1H3. The van der Waals surface area contributed by atoms with Gasteiger partial charge in [-0.3, -0.25) is 0 Å². The van der Waals surface area contributed by atoms with Gasteiger partial charge in [0.2, 0.25) is 0 Å². The Balaban J connectivity index is 1.99. The molecule has 5 nitrogen and oxygen atoms in total. The van der Waals surface area contributed by atoms with Crippen molar-refractivity contribution in [1.29, 1.82) is 0 Å². The van der Waals surface area contributed by atoms with Crippen LogP contribution in [0.3, 0.4) is 0 Å². The van der Waals surface area contributed by atoms with E-state index in [2.05, 4.69) is 32.8 Å². The normalized spacial score (nSPS) is 17.5. The highest BCUT2D eigenvalue weighted by atomic mass is 15.2. The van der Waals surface area contributed by atoms with Gasteiger partial charge in [0.15, 0.2) is 0 Å². The molecule has 1 aromatic rings. The summed E-state index contributed by atoms with van der Waals surface area (Å²) >= 11 is 0. The van der Waals surface area contributed by atoms with Crippen LogP contribution >= 0.6 is 0 Å². The number of aryl methyl sites for hydroxylation is 1. The van der Waals surface area contributed by atoms with Crippen LogP contribution < -0.4 is 10.6 Å². The third-order valence-corrected chi connectivity index (χ3v) is 3.57. The van der Waals surface area contributed by atoms with Crippen LogP contribution in [0.25, 0.3) is 0 Å². The van der Waals surface area contributed by atoms with Crippen molar-refractivity contribution in [3.05, 3.63) is 18.1 Å². The Morgan fingerprint density at radius 1 is 1.21 bits per heavy atom. The minimum Gasteiger partial charge on any atom is -0.355 e. The van der Waals surface area contributed by atoms with Gasteiger partial charge in [-0.25, -0.2) is 9.97 Å². The van der Waals surface area contributed by atoms with Gasteiger partial charge in [-0.05, 0) is 19.4 Å². The van der Waals surface area contributed by atoms with Gasteiger partial charge in [0, 0.05) is 44.5 Å². The van der Waals surface area contributed by atoms with Gasteiger partial charge in [0.1, 0.15) is 12.1 Å². The molecule has 0 radical (unpaired) electrons. The number of anilines is 1. The molecule has 1 aliphatic heterocycles. The van der Waals surface area contributed by atoms with E-state index in [4.69, 9.17) is 5.73 Å². The Morgan fingerprint density at radius 3 is 2.89 bits per heavy atom. The SMILES string of the molecule is CCCc1cc(N2CCCN(CCN)CC2)ncn1. The van der Waals surface area contributed by atoms with Gasteiger partial charge >= 0.3 is 0 Å². The Labute approximate surface area is 115 Å². The number of nitrogens with two attached hydrogens (primary N) is 1. The molecule has 0 atom stereocenters. The van der Waals surface area contributed by atoms with E-state index < -0.39 is 0 Å². The lowest BCUT2D eigenvalue weighted by molar-refractivity contribution is 0.302. The fourth-order valence-corrected chi connectivity index (χ4v) is 2.56. The molecule has 1 fully saturated rings. The number of rotatable bonds is 5. The predicted molar refractivity (Wildman–Crippen MR) is 78.4 cm³/mol. The maximum atomic E-state index is 5.63. The first-order valence-electron chi connectivity index (χ1n) is 7.31. The van der Waals surface area contributed by atoms with Crippen LogP contribution in [0, 0.1) is 0 Å². The molecule has 2 rings (SSSR count). The molecule has 0 amide bonds. The minimum absolute atomic E-state index is 0.744. The topological polar surface area (TPSA) is 58.3 Å². The largest absolute Gasteiger partial charge is 0.355 e. The minimum atomic E-state index is 0.744. The van der Waals surface area contributed by atoms with Crippen molar-refractivity contribution in [3.8, 4) is 0 Å². The van der Waals surface area contributed by atoms with Crippen LogP contribution in [-0.2, 0) is 6.42 Å². The van der Waals surface area contributed by atoms with E-state index in [-0.39, 0.29) is 0 Å². The van der Waals surface area contributed by atoms with Crippen LogP contribution in [0.2, 0.25) is 0 Å². The van der Waals surface area contributed by atoms with Gasteiger partial charge in [-0.1, -0.05) is 13.3 Å². The zero-order valence-electron chi connectivity index (χ0n) is 11.9. The van der Waals surface area contributed by atoms with Gasteiger partial charge < -0.3 is 15.5 Å². The van der Waals surface area contributed by atoms with Crippen molar-refractivity contribution in [2.75, 3.05) is 44.2 Å². The van der Waals surface area contributed by atoms with E-state index in [0.29, 0.717) is 0 Å². The zero-order valence-corrected chi connectivity index (χ0v) is 11.9. The van der Waals surface area contributed by atoms with Crippen molar-refractivity contribution >= 4 is 5.82 Å². The smallest absolute Gasteiger partial charge is 0.132 e. The van der Waals surface area contributed by atoms with E-state index >= 15 is 0 Å². The average Bonchev–Trinajstić information content (AvgIpc) is 2.66. The lowest BCUT2D eigenvalue weighted by Crippen LogP contribution is -2.34. The van der Waals surface area contributed by atoms with E-state index in [1.54, 1.807) is 6.33 Å². The number of nitrogens with zero attached hydrogens (tertiary/aromatic N) is 4. The number of hydrogen-bond donors (Lipinski definition) is 1. The van der Waals surface area contributed by atoms with Gasteiger partial charge in [-0.15, -0.1) is 0 Å². The Morgan fingerprint density at radius 2 is 2.11 bits per heavy atom. The number of aromatic nitrogens is 2. The summed E-state index contributed by atoms with van der Waals surface area (Å²) < 4.78 is 0. The number of hydrogen-bond acceptors (Lipinski definition) is 5. The molecule has 1 aromatic heterocycles. The molecule has 1 saturated heterocycles. The molecule has 2 N–H and O–H groups in total. The van der Waals surface area contributed by atoms with E-state index in [1.807, 2.05) is 0 Å².